The SMILES string of the molecule is O=C(/C=C/c1ccccc1[N+](=O)[O-])NCC1CN(Cc2ccccc2)CCO1. The first-order valence-electron chi connectivity index (χ1n) is 9.19. The van der Waals surface area contributed by atoms with Crippen molar-refractivity contribution in [3.8, 4) is 0 Å². The van der Waals surface area contributed by atoms with Gasteiger partial charge in [-0.1, -0.05) is 42.5 Å². The third kappa shape index (κ3) is 5.73. The van der Waals surface area contributed by atoms with Gasteiger partial charge in [0.15, 0.2) is 0 Å². The highest BCUT2D eigenvalue weighted by Gasteiger charge is 2.20. The van der Waals surface area contributed by atoms with Crippen LogP contribution in [-0.2, 0) is 16.1 Å². The summed E-state index contributed by atoms with van der Waals surface area (Å²) in [5.41, 5.74) is 1.61. The van der Waals surface area contributed by atoms with E-state index in [0.717, 1.165) is 19.6 Å². The lowest BCUT2D eigenvalue weighted by atomic mass is 10.1. The lowest BCUT2D eigenvalue weighted by molar-refractivity contribution is -0.385. The van der Waals surface area contributed by atoms with E-state index in [1.165, 1.54) is 23.8 Å². The quantitative estimate of drug-likeness (QED) is 0.453. The van der Waals surface area contributed by atoms with E-state index in [1.54, 1.807) is 18.2 Å². The Morgan fingerprint density at radius 1 is 1.21 bits per heavy atom. The molecule has 1 atom stereocenters. The van der Waals surface area contributed by atoms with E-state index < -0.39 is 4.92 Å². The fourth-order valence-corrected chi connectivity index (χ4v) is 3.12. The van der Waals surface area contributed by atoms with Crippen molar-refractivity contribution < 1.29 is 14.5 Å². The van der Waals surface area contributed by atoms with Crippen LogP contribution >= 0.6 is 0 Å². The second-order valence-electron chi connectivity index (χ2n) is 6.61. The van der Waals surface area contributed by atoms with Crippen molar-refractivity contribution in [3.63, 3.8) is 0 Å². The number of nitro groups is 1. The van der Waals surface area contributed by atoms with Gasteiger partial charge in [0.25, 0.3) is 5.69 Å². The van der Waals surface area contributed by atoms with Crippen molar-refractivity contribution in [3.05, 3.63) is 81.9 Å². The molecule has 0 aliphatic carbocycles. The second kappa shape index (κ2) is 9.77. The molecular weight excluding hydrogens is 358 g/mol. The molecule has 7 nitrogen and oxygen atoms in total. The largest absolute Gasteiger partial charge is 0.374 e. The highest BCUT2D eigenvalue weighted by molar-refractivity contribution is 5.92. The van der Waals surface area contributed by atoms with E-state index in [1.807, 2.05) is 18.2 Å². The average molecular weight is 381 g/mol. The Morgan fingerprint density at radius 2 is 1.96 bits per heavy atom. The summed E-state index contributed by atoms with van der Waals surface area (Å²) in [7, 11) is 0. The molecule has 1 N–H and O–H groups in total. The van der Waals surface area contributed by atoms with Gasteiger partial charge in [0.1, 0.15) is 0 Å². The first kappa shape index (κ1) is 19.7. The summed E-state index contributed by atoms with van der Waals surface area (Å²) >= 11 is 0. The Balaban J connectivity index is 1.48. The molecule has 1 aliphatic heterocycles. The van der Waals surface area contributed by atoms with Gasteiger partial charge in [-0.15, -0.1) is 0 Å². The van der Waals surface area contributed by atoms with E-state index in [4.69, 9.17) is 4.74 Å². The van der Waals surface area contributed by atoms with Crippen LogP contribution in [0.2, 0.25) is 0 Å². The highest BCUT2D eigenvalue weighted by Crippen LogP contribution is 2.18. The Morgan fingerprint density at radius 3 is 2.75 bits per heavy atom. The number of rotatable bonds is 7. The monoisotopic (exact) mass is 381 g/mol. The molecule has 7 heteroatoms. The first-order valence-corrected chi connectivity index (χ1v) is 9.19. The Labute approximate surface area is 163 Å². The van der Waals surface area contributed by atoms with Gasteiger partial charge in [-0.25, -0.2) is 0 Å². The number of para-hydroxylation sites is 1. The molecule has 2 aromatic rings. The maximum absolute atomic E-state index is 12.1. The molecular formula is C21H23N3O4. The van der Waals surface area contributed by atoms with Gasteiger partial charge >= 0.3 is 0 Å². The lowest BCUT2D eigenvalue weighted by Crippen LogP contribution is -2.46. The van der Waals surface area contributed by atoms with Gasteiger partial charge in [-0.05, 0) is 17.7 Å². The minimum Gasteiger partial charge on any atom is -0.374 e. The normalized spacial score (nSPS) is 17.5. The molecule has 1 aliphatic rings. The molecule has 3 rings (SSSR count). The van der Waals surface area contributed by atoms with Crippen molar-refractivity contribution in [2.24, 2.45) is 0 Å². The van der Waals surface area contributed by atoms with Crippen LogP contribution in [0.5, 0.6) is 0 Å². The van der Waals surface area contributed by atoms with Gasteiger partial charge in [-0.3, -0.25) is 19.8 Å². The summed E-state index contributed by atoms with van der Waals surface area (Å²) in [4.78, 5) is 24.9. The summed E-state index contributed by atoms with van der Waals surface area (Å²) in [6.45, 7) is 3.47. The fourth-order valence-electron chi connectivity index (χ4n) is 3.12. The molecule has 28 heavy (non-hydrogen) atoms. The molecule has 0 saturated carbocycles. The summed E-state index contributed by atoms with van der Waals surface area (Å²) in [5.74, 6) is -0.304. The molecule has 1 saturated heterocycles. The number of amides is 1. The molecule has 0 aromatic heterocycles. The first-order chi connectivity index (χ1) is 13.6. The Bertz CT molecular complexity index is 839. The predicted molar refractivity (Wildman–Crippen MR) is 107 cm³/mol. The van der Waals surface area contributed by atoms with Gasteiger partial charge in [0, 0.05) is 38.3 Å². The Hall–Kier alpha value is -3.03. The van der Waals surface area contributed by atoms with Crippen LogP contribution in [0, 0.1) is 10.1 Å². The maximum Gasteiger partial charge on any atom is 0.276 e. The zero-order valence-electron chi connectivity index (χ0n) is 15.5. The van der Waals surface area contributed by atoms with Crippen LogP contribution in [0.15, 0.2) is 60.7 Å². The number of benzene rings is 2. The standard InChI is InChI=1S/C21H23N3O4/c25-21(11-10-18-8-4-5-9-20(18)24(26)27)22-14-19-16-23(12-13-28-19)15-17-6-2-1-3-7-17/h1-11,19H,12-16H2,(H,22,25)/b11-10+. The van der Waals surface area contributed by atoms with E-state index in [9.17, 15) is 14.9 Å². The third-order valence-electron chi connectivity index (χ3n) is 4.52. The molecule has 0 spiro atoms. The van der Waals surface area contributed by atoms with Crippen LogP contribution in [-0.4, -0.2) is 48.1 Å². The number of carbonyl (C=O) groups is 1. The molecule has 1 unspecified atom stereocenters. The van der Waals surface area contributed by atoms with Crippen molar-refractivity contribution in [2.75, 3.05) is 26.2 Å². The topological polar surface area (TPSA) is 84.7 Å². The number of nitrogens with zero attached hydrogens (tertiary/aromatic N) is 2. The van der Waals surface area contributed by atoms with Gasteiger partial charge in [0.05, 0.1) is 23.2 Å². The fraction of sp³-hybridized carbons (Fsp3) is 0.286. The van der Waals surface area contributed by atoms with Crippen LogP contribution in [0.25, 0.3) is 6.08 Å². The van der Waals surface area contributed by atoms with Crippen molar-refractivity contribution in [2.45, 2.75) is 12.6 Å². The third-order valence-corrected chi connectivity index (χ3v) is 4.52. The zero-order chi connectivity index (χ0) is 19.8. The smallest absolute Gasteiger partial charge is 0.276 e. The van der Waals surface area contributed by atoms with Crippen LogP contribution in [0.3, 0.4) is 0 Å². The van der Waals surface area contributed by atoms with Crippen molar-refractivity contribution in [1.82, 2.24) is 10.2 Å². The number of carbonyl (C=O) groups excluding carboxylic acids is 1. The van der Waals surface area contributed by atoms with E-state index in [-0.39, 0.29) is 17.7 Å². The highest BCUT2D eigenvalue weighted by atomic mass is 16.6. The van der Waals surface area contributed by atoms with Crippen LogP contribution in [0.1, 0.15) is 11.1 Å². The molecule has 0 bridgehead atoms. The predicted octanol–water partition coefficient (Wildman–Crippen LogP) is 2.63. The number of morpholine rings is 1. The molecule has 2 aromatic carbocycles. The number of hydrogen-bond acceptors (Lipinski definition) is 5. The van der Waals surface area contributed by atoms with E-state index in [2.05, 4.69) is 22.3 Å². The van der Waals surface area contributed by atoms with Crippen LogP contribution < -0.4 is 5.32 Å². The molecule has 0 radical (unpaired) electrons. The average Bonchev–Trinajstić information content (AvgIpc) is 2.72. The number of nitrogens with one attached hydrogen (secondary N) is 1. The summed E-state index contributed by atoms with van der Waals surface area (Å²) in [6.07, 6.45) is 2.69. The maximum atomic E-state index is 12.1. The number of nitro benzene ring substituents is 1. The van der Waals surface area contributed by atoms with E-state index >= 15 is 0 Å². The minimum absolute atomic E-state index is 0.0290. The van der Waals surface area contributed by atoms with Crippen molar-refractivity contribution >= 4 is 17.7 Å². The van der Waals surface area contributed by atoms with Gasteiger partial charge in [0.2, 0.25) is 5.91 Å². The lowest BCUT2D eigenvalue weighted by Gasteiger charge is -2.33. The molecule has 1 fully saturated rings. The zero-order valence-corrected chi connectivity index (χ0v) is 15.5. The number of ether oxygens (including phenoxy) is 1. The summed E-state index contributed by atoms with van der Waals surface area (Å²) < 4.78 is 5.74. The van der Waals surface area contributed by atoms with Crippen molar-refractivity contribution in [1.29, 1.82) is 0 Å². The van der Waals surface area contributed by atoms with Gasteiger partial charge in [-0.2, -0.15) is 0 Å². The second-order valence-corrected chi connectivity index (χ2v) is 6.61. The Kier molecular flexibility index (Phi) is 6.89. The van der Waals surface area contributed by atoms with Gasteiger partial charge < -0.3 is 10.1 Å². The summed E-state index contributed by atoms with van der Waals surface area (Å²) in [5, 5.41) is 13.8. The molecule has 1 heterocycles. The molecule has 146 valence electrons. The van der Waals surface area contributed by atoms with E-state index in [0.29, 0.717) is 18.7 Å². The minimum atomic E-state index is -0.464. The summed E-state index contributed by atoms with van der Waals surface area (Å²) in [6, 6.07) is 16.5. The molecule has 1 amide bonds. The van der Waals surface area contributed by atoms with Crippen LogP contribution in [0.4, 0.5) is 5.69 Å². The number of hydrogen-bond donors (Lipinski definition) is 1.